The van der Waals surface area contributed by atoms with Crippen molar-refractivity contribution in [1.29, 1.82) is 0 Å². The summed E-state index contributed by atoms with van der Waals surface area (Å²) in [6.07, 6.45) is 1.55. The first kappa shape index (κ1) is 13.7. The molecule has 1 heterocycles. The number of rotatable bonds is 2. The van der Waals surface area contributed by atoms with Gasteiger partial charge in [-0.15, -0.1) is 0 Å². The van der Waals surface area contributed by atoms with Crippen LogP contribution >= 0.6 is 23.2 Å². The molecule has 3 aromatic rings. The summed E-state index contributed by atoms with van der Waals surface area (Å²) >= 11 is 11.7. The summed E-state index contributed by atoms with van der Waals surface area (Å²) < 4.78 is 0. The minimum atomic E-state index is -0.389. The molecule has 0 bridgehead atoms. The summed E-state index contributed by atoms with van der Waals surface area (Å²) in [5.41, 5.74) is 2.08. The molecule has 0 radical (unpaired) electrons. The van der Waals surface area contributed by atoms with E-state index in [0.717, 1.165) is 11.0 Å². The highest BCUT2D eigenvalue weighted by Gasteiger charge is 2.13. The number of H-pyrrole nitrogens is 1. The molecule has 0 aliphatic carbocycles. The molecule has 0 aliphatic rings. The van der Waals surface area contributed by atoms with Gasteiger partial charge in [-0.1, -0.05) is 23.2 Å². The topological polar surface area (TPSA) is 78.0 Å². The minimum absolute atomic E-state index is 0.0711. The highest BCUT2D eigenvalue weighted by atomic mass is 35.5. The van der Waals surface area contributed by atoms with E-state index in [9.17, 15) is 9.90 Å². The van der Waals surface area contributed by atoms with Crippen LogP contribution in [0.5, 0.6) is 5.75 Å². The van der Waals surface area contributed by atoms with Crippen molar-refractivity contribution in [3.05, 3.63) is 52.3 Å². The summed E-state index contributed by atoms with van der Waals surface area (Å²) in [7, 11) is 0. The summed E-state index contributed by atoms with van der Waals surface area (Å²) in [5, 5.41) is 12.8. The highest BCUT2D eigenvalue weighted by molar-refractivity contribution is 6.36. The Morgan fingerprint density at radius 2 is 2.05 bits per heavy atom. The first-order chi connectivity index (χ1) is 10.0. The second-order valence-corrected chi connectivity index (χ2v) is 5.22. The van der Waals surface area contributed by atoms with Crippen LogP contribution in [0.1, 0.15) is 10.4 Å². The number of nitrogens with one attached hydrogen (secondary N) is 2. The lowest BCUT2D eigenvalue weighted by molar-refractivity contribution is 0.102. The lowest BCUT2D eigenvalue weighted by Gasteiger charge is -2.09. The van der Waals surface area contributed by atoms with Gasteiger partial charge in [0.25, 0.3) is 5.91 Å². The van der Waals surface area contributed by atoms with Gasteiger partial charge < -0.3 is 15.4 Å². The van der Waals surface area contributed by atoms with Gasteiger partial charge in [-0.2, -0.15) is 0 Å². The number of imidazole rings is 1. The highest BCUT2D eigenvalue weighted by Crippen LogP contribution is 2.35. The number of anilines is 1. The number of hydrogen-bond acceptors (Lipinski definition) is 3. The fourth-order valence-corrected chi connectivity index (χ4v) is 2.43. The van der Waals surface area contributed by atoms with Gasteiger partial charge in [0.1, 0.15) is 0 Å². The van der Waals surface area contributed by atoms with Crippen molar-refractivity contribution in [1.82, 2.24) is 9.97 Å². The molecule has 3 N–H and O–H groups in total. The average Bonchev–Trinajstić information content (AvgIpc) is 2.91. The van der Waals surface area contributed by atoms with Crippen LogP contribution in [0, 0.1) is 0 Å². The Balaban J connectivity index is 1.92. The molecule has 0 atom stereocenters. The van der Waals surface area contributed by atoms with Crippen LogP contribution in [0.3, 0.4) is 0 Å². The lowest BCUT2D eigenvalue weighted by atomic mass is 10.2. The number of aromatic hydroxyl groups is 1. The van der Waals surface area contributed by atoms with Crippen LogP contribution in [0.2, 0.25) is 10.0 Å². The molecule has 3 rings (SSSR count). The number of nitrogens with zero attached hydrogens (tertiary/aromatic N) is 1. The summed E-state index contributed by atoms with van der Waals surface area (Å²) in [5.74, 6) is -0.614. The molecule has 0 aliphatic heterocycles. The number of benzene rings is 2. The van der Waals surface area contributed by atoms with Gasteiger partial charge in [-0.3, -0.25) is 4.79 Å². The van der Waals surface area contributed by atoms with Crippen molar-refractivity contribution in [3.63, 3.8) is 0 Å². The standard InChI is InChI=1S/C14H9Cl2N3O2/c15-8-4-9(16)13(20)12(5-8)19-14(21)7-1-2-10-11(3-7)18-6-17-10/h1-6,20H,(H,17,18)(H,19,21). The number of carbonyl (C=O) groups is 1. The Morgan fingerprint density at radius 1 is 1.24 bits per heavy atom. The van der Waals surface area contributed by atoms with Gasteiger partial charge >= 0.3 is 0 Å². The van der Waals surface area contributed by atoms with Gasteiger partial charge in [0, 0.05) is 10.6 Å². The molecule has 5 nitrogen and oxygen atoms in total. The molecule has 0 saturated heterocycles. The fraction of sp³-hybridized carbons (Fsp3) is 0. The van der Waals surface area contributed by atoms with Crippen LogP contribution < -0.4 is 5.32 Å². The van der Waals surface area contributed by atoms with Crippen molar-refractivity contribution in [3.8, 4) is 5.75 Å². The summed E-state index contributed by atoms with van der Waals surface area (Å²) in [6, 6.07) is 7.86. The first-order valence-electron chi connectivity index (χ1n) is 5.97. The predicted molar refractivity (Wildman–Crippen MR) is 82.2 cm³/mol. The van der Waals surface area contributed by atoms with Gasteiger partial charge in [0.05, 0.1) is 28.1 Å². The maximum atomic E-state index is 12.2. The molecule has 21 heavy (non-hydrogen) atoms. The van der Waals surface area contributed by atoms with Gasteiger partial charge in [0.15, 0.2) is 5.75 Å². The largest absolute Gasteiger partial charge is 0.504 e. The van der Waals surface area contributed by atoms with Gasteiger partial charge in [-0.25, -0.2) is 4.98 Å². The van der Waals surface area contributed by atoms with E-state index in [2.05, 4.69) is 15.3 Å². The van der Waals surface area contributed by atoms with E-state index < -0.39 is 0 Å². The normalized spacial score (nSPS) is 10.8. The third-order valence-electron chi connectivity index (χ3n) is 2.96. The van der Waals surface area contributed by atoms with Crippen LogP contribution in [0.4, 0.5) is 5.69 Å². The Bertz CT molecular complexity index is 845. The second kappa shape index (κ2) is 5.27. The molecule has 1 amide bonds. The zero-order valence-electron chi connectivity index (χ0n) is 10.5. The van der Waals surface area contributed by atoms with Crippen molar-refractivity contribution in [2.24, 2.45) is 0 Å². The first-order valence-corrected chi connectivity index (χ1v) is 6.72. The van der Waals surface area contributed by atoms with Gasteiger partial charge in [-0.05, 0) is 30.3 Å². The van der Waals surface area contributed by atoms with E-state index >= 15 is 0 Å². The van der Waals surface area contributed by atoms with Crippen molar-refractivity contribution in [2.75, 3.05) is 5.32 Å². The third kappa shape index (κ3) is 2.66. The van der Waals surface area contributed by atoms with Crippen molar-refractivity contribution in [2.45, 2.75) is 0 Å². The van der Waals surface area contributed by atoms with Crippen LogP contribution in [0.25, 0.3) is 11.0 Å². The van der Waals surface area contributed by atoms with Crippen molar-refractivity contribution < 1.29 is 9.90 Å². The number of phenols is 1. The lowest BCUT2D eigenvalue weighted by Crippen LogP contribution is -2.12. The molecule has 1 aromatic heterocycles. The number of phenolic OH excluding ortho intramolecular Hbond substituents is 1. The number of fused-ring (bicyclic) bond motifs is 1. The fourth-order valence-electron chi connectivity index (χ4n) is 1.93. The molecule has 0 saturated carbocycles. The van der Waals surface area contributed by atoms with Crippen LogP contribution in [-0.2, 0) is 0 Å². The SMILES string of the molecule is O=C(Nc1cc(Cl)cc(Cl)c1O)c1ccc2nc[nH]c2c1. The van der Waals surface area contributed by atoms with Gasteiger partial charge in [0.2, 0.25) is 0 Å². The van der Waals surface area contributed by atoms with Crippen LogP contribution in [0.15, 0.2) is 36.7 Å². The van der Waals surface area contributed by atoms with E-state index in [0.29, 0.717) is 10.6 Å². The number of halogens is 2. The molecular formula is C14H9Cl2N3O2. The predicted octanol–water partition coefficient (Wildman–Crippen LogP) is 3.83. The number of hydrogen-bond donors (Lipinski definition) is 3. The zero-order chi connectivity index (χ0) is 15.0. The average molecular weight is 322 g/mol. The molecular weight excluding hydrogens is 313 g/mol. The Hall–Kier alpha value is -2.24. The zero-order valence-corrected chi connectivity index (χ0v) is 12.0. The second-order valence-electron chi connectivity index (χ2n) is 4.37. The molecule has 7 heteroatoms. The third-order valence-corrected chi connectivity index (χ3v) is 3.47. The number of amides is 1. The van der Waals surface area contributed by atoms with E-state index in [1.807, 2.05) is 0 Å². The monoisotopic (exact) mass is 321 g/mol. The van der Waals surface area contributed by atoms with Crippen LogP contribution in [-0.4, -0.2) is 21.0 Å². The smallest absolute Gasteiger partial charge is 0.255 e. The molecule has 0 fully saturated rings. The molecule has 2 aromatic carbocycles. The molecule has 0 unspecified atom stereocenters. The quantitative estimate of drug-likeness (QED) is 0.628. The molecule has 0 spiro atoms. The van der Waals surface area contributed by atoms with E-state index in [4.69, 9.17) is 23.2 Å². The maximum Gasteiger partial charge on any atom is 0.255 e. The maximum absolute atomic E-state index is 12.2. The minimum Gasteiger partial charge on any atom is -0.504 e. The number of aromatic nitrogens is 2. The Labute approximate surface area is 129 Å². The summed E-state index contributed by atoms with van der Waals surface area (Å²) in [6.45, 7) is 0. The molecule has 106 valence electrons. The van der Waals surface area contributed by atoms with E-state index in [-0.39, 0.29) is 22.4 Å². The van der Waals surface area contributed by atoms with E-state index in [1.165, 1.54) is 12.1 Å². The Morgan fingerprint density at radius 3 is 2.86 bits per heavy atom. The Kier molecular flexibility index (Phi) is 3.45. The summed E-state index contributed by atoms with van der Waals surface area (Å²) in [4.78, 5) is 19.2. The van der Waals surface area contributed by atoms with E-state index in [1.54, 1.807) is 24.5 Å². The van der Waals surface area contributed by atoms with Crippen molar-refractivity contribution >= 4 is 45.8 Å². The number of carbonyl (C=O) groups excluding carboxylic acids is 1. The number of aromatic amines is 1.